The van der Waals surface area contributed by atoms with Crippen molar-refractivity contribution in [3.8, 4) is 11.4 Å². The second-order valence-electron chi connectivity index (χ2n) is 6.30. The van der Waals surface area contributed by atoms with Crippen LogP contribution in [0.1, 0.15) is 26.3 Å². The molecule has 0 fully saturated rings. The van der Waals surface area contributed by atoms with Gasteiger partial charge in [0.1, 0.15) is 5.82 Å². The molecule has 0 saturated carbocycles. The van der Waals surface area contributed by atoms with Crippen LogP contribution in [-0.2, 0) is 5.41 Å². The summed E-state index contributed by atoms with van der Waals surface area (Å²) in [6.07, 6.45) is 0. The minimum Gasteiger partial charge on any atom is -0.398 e. The number of hydrogen-bond donors (Lipinski definition) is 2. The van der Waals surface area contributed by atoms with E-state index in [9.17, 15) is 0 Å². The van der Waals surface area contributed by atoms with Crippen molar-refractivity contribution in [2.24, 2.45) is 0 Å². The normalized spacial score (nSPS) is 12.0. The molecule has 1 heterocycles. The molecule has 0 radical (unpaired) electrons. The van der Waals surface area contributed by atoms with E-state index in [4.69, 9.17) is 17.3 Å². The van der Waals surface area contributed by atoms with Gasteiger partial charge in [-0.25, -0.2) is 4.98 Å². The number of H-pyrrole nitrogens is 1. The smallest absolute Gasteiger partial charge is 0.138 e. The van der Waals surface area contributed by atoms with Crippen molar-refractivity contribution >= 4 is 28.3 Å². The van der Waals surface area contributed by atoms with Crippen LogP contribution in [0.5, 0.6) is 0 Å². The lowest BCUT2D eigenvalue weighted by Crippen LogP contribution is -2.10. The number of nitrogens with two attached hydrogens (primary N) is 1. The summed E-state index contributed by atoms with van der Waals surface area (Å²) < 4.78 is 0. The van der Waals surface area contributed by atoms with Crippen LogP contribution in [0.15, 0.2) is 36.4 Å². The summed E-state index contributed by atoms with van der Waals surface area (Å²) in [7, 11) is 0. The van der Waals surface area contributed by atoms with E-state index in [0.29, 0.717) is 10.7 Å². The Morgan fingerprint density at radius 1 is 1.10 bits per heavy atom. The molecular weight excluding hydrogens is 282 g/mol. The van der Waals surface area contributed by atoms with Crippen LogP contribution in [0.3, 0.4) is 0 Å². The van der Waals surface area contributed by atoms with Gasteiger partial charge in [-0.1, -0.05) is 38.4 Å². The Hall–Kier alpha value is -2.00. The van der Waals surface area contributed by atoms with Crippen molar-refractivity contribution in [3.05, 3.63) is 47.0 Å². The maximum atomic E-state index is 5.96. The zero-order valence-electron chi connectivity index (χ0n) is 12.4. The van der Waals surface area contributed by atoms with Gasteiger partial charge in [-0.15, -0.1) is 0 Å². The number of anilines is 1. The number of nitrogens with zero attached hydrogens (tertiary/aromatic N) is 1. The molecule has 1 aromatic heterocycles. The van der Waals surface area contributed by atoms with E-state index in [2.05, 4.69) is 48.9 Å². The zero-order chi connectivity index (χ0) is 15.2. The number of nitrogens with one attached hydrogen (secondary N) is 1. The van der Waals surface area contributed by atoms with E-state index in [1.165, 1.54) is 5.56 Å². The summed E-state index contributed by atoms with van der Waals surface area (Å²) >= 11 is 5.96. The molecule has 3 nitrogen and oxygen atoms in total. The predicted molar refractivity (Wildman–Crippen MR) is 89.7 cm³/mol. The van der Waals surface area contributed by atoms with Crippen LogP contribution in [0.4, 0.5) is 5.69 Å². The zero-order valence-corrected chi connectivity index (χ0v) is 13.1. The Labute approximate surface area is 129 Å². The average Bonchev–Trinajstić information content (AvgIpc) is 2.83. The van der Waals surface area contributed by atoms with E-state index < -0.39 is 0 Å². The summed E-state index contributed by atoms with van der Waals surface area (Å²) in [5, 5.41) is 0.560. The van der Waals surface area contributed by atoms with Gasteiger partial charge in [-0.3, -0.25) is 0 Å². The van der Waals surface area contributed by atoms with Crippen molar-refractivity contribution in [3.63, 3.8) is 0 Å². The summed E-state index contributed by atoms with van der Waals surface area (Å²) in [6, 6.07) is 11.9. The maximum Gasteiger partial charge on any atom is 0.138 e. The number of nitrogen functional groups attached to an aromatic ring is 1. The standard InChI is InChI=1S/C17H18ClN3/c1-17(2,3)11-5-7-14-15(9-11)21-16(20-14)10-4-6-12(18)13(19)8-10/h4-9H,19H2,1-3H3,(H,20,21). The van der Waals surface area contributed by atoms with Gasteiger partial charge in [0, 0.05) is 5.56 Å². The lowest BCUT2D eigenvalue weighted by atomic mass is 9.87. The Balaban J connectivity index is 2.10. The minimum absolute atomic E-state index is 0.115. The van der Waals surface area contributed by atoms with Crippen molar-refractivity contribution in [2.75, 3.05) is 5.73 Å². The van der Waals surface area contributed by atoms with Gasteiger partial charge in [0.15, 0.2) is 0 Å². The largest absolute Gasteiger partial charge is 0.398 e. The van der Waals surface area contributed by atoms with Gasteiger partial charge >= 0.3 is 0 Å². The molecule has 0 aliphatic carbocycles. The van der Waals surface area contributed by atoms with Crippen molar-refractivity contribution < 1.29 is 0 Å². The Bertz CT molecular complexity index is 813. The molecule has 21 heavy (non-hydrogen) atoms. The molecule has 4 heteroatoms. The van der Waals surface area contributed by atoms with Gasteiger partial charge in [0.05, 0.1) is 21.7 Å². The molecule has 0 unspecified atom stereocenters. The molecule has 3 aromatic rings. The number of aromatic nitrogens is 2. The van der Waals surface area contributed by atoms with Gasteiger partial charge < -0.3 is 10.7 Å². The fourth-order valence-electron chi connectivity index (χ4n) is 2.30. The number of imidazole rings is 1. The highest BCUT2D eigenvalue weighted by Crippen LogP contribution is 2.29. The number of hydrogen-bond acceptors (Lipinski definition) is 2. The molecule has 0 atom stereocenters. The van der Waals surface area contributed by atoms with Gasteiger partial charge in [0.2, 0.25) is 0 Å². The van der Waals surface area contributed by atoms with Crippen molar-refractivity contribution in [2.45, 2.75) is 26.2 Å². The highest BCUT2D eigenvalue weighted by Gasteiger charge is 2.15. The molecule has 2 aromatic carbocycles. The topological polar surface area (TPSA) is 54.7 Å². The predicted octanol–water partition coefficient (Wildman–Crippen LogP) is 4.76. The molecule has 3 N–H and O–H groups in total. The molecule has 3 rings (SSSR count). The first kappa shape index (κ1) is 14.0. The highest BCUT2D eigenvalue weighted by atomic mass is 35.5. The molecule has 0 bridgehead atoms. The lowest BCUT2D eigenvalue weighted by Gasteiger charge is -2.18. The van der Waals surface area contributed by atoms with Crippen molar-refractivity contribution in [1.29, 1.82) is 0 Å². The quantitative estimate of drug-likeness (QED) is 0.636. The Kier molecular flexibility index (Phi) is 3.18. The second-order valence-corrected chi connectivity index (χ2v) is 6.71. The van der Waals surface area contributed by atoms with Crippen molar-refractivity contribution in [1.82, 2.24) is 9.97 Å². The number of fused-ring (bicyclic) bond motifs is 1. The highest BCUT2D eigenvalue weighted by molar-refractivity contribution is 6.33. The number of aromatic amines is 1. The van der Waals surface area contributed by atoms with E-state index in [-0.39, 0.29) is 5.41 Å². The van der Waals surface area contributed by atoms with Crippen LogP contribution >= 0.6 is 11.6 Å². The third kappa shape index (κ3) is 2.61. The van der Waals surface area contributed by atoms with Gasteiger partial charge in [0.25, 0.3) is 0 Å². The van der Waals surface area contributed by atoms with Crippen LogP contribution in [0.2, 0.25) is 5.02 Å². The lowest BCUT2D eigenvalue weighted by molar-refractivity contribution is 0.591. The third-order valence-corrected chi connectivity index (χ3v) is 3.96. The number of benzene rings is 2. The summed E-state index contributed by atoms with van der Waals surface area (Å²) in [4.78, 5) is 7.98. The average molecular weight is 300 g/mol. The third-order valence-electron chi connectivity index (χ3n) is 3.62. The molecule has 0 saturated heterocycles. The first-order chi connectivity index (χ1) is 9.84. The van der Waals surface area contributed by atoms with E-state index >= 15 is 0 Å². The number of halogens is 1. The monoisotopic (exact) mass is 299 g/mol. The Morgan fingerprint density at radius 2 is 1.86 bits per heavy atom. The summed E-state index contributed by atoms with van der Waals surface area (Å²) in [5.74, 6) is 0.805. The Morgan fingerprint density at radius 3 is 2.52 bits per heavy atom. The molecule has 108 valence electrons. The summed E-state index contributed by atoms with van der Waals surface area (Å²) in [6.45, 7) is 6.60. The molecular formula is C17H18ClN3. The fraction of sp³-hybridized carbons (Fsp3) is 0.235. The molecule has 0 aliphatic rings. The fourth-order valence-corrected chi connectivity index (χ4v) is 2.42. The minimum atomic E-state index is 0.115. The maximum absolute atomic E-state index is 5.96. The van der Waals surface area contributed by atoms with Gasteiger partial charge in [-0.05, 0) is 41.3 Å². The van der Waals surface area contributed by atoms with Crippen LogP contribution in [0, 0.1) is 0 Å². The molecule has 0 aliphatic heterocycles. The first-order valence-electron chi connectivity index (χ1n) is 6.90. The van der Waals surface area contributed by atoms with Crippen LogP contribution in [-0.4, -0.2) is 9.97 Å². The molecule has 0 amide bonds. The van der Waals surface area contributed by atoms with Gasteiger partial charge in [-0.2, -0.15) is 0 Å². The SMILES string of the molecule is CC(C)(C)c1ccc2nc(-c3ccc(Cl)c(N)c3)[nH]c2c1. The van der Waals surface area contributed by atoms with Crippen LogP contribution in [0.25, 0.3) is 22.4 Å². The second kappa shape index (κ2) is 4.78. The van der Waals surface area contributed by atoms with E-state index in [1.54, 1.807) is 6.07 Å². The van der Waals surface area contributed by atoms with E-state index in [0.717, 1.165) is 22.4 Å². The first-order valence-corrected chi connectivity index (χ1v) is 7.28. The van der Waals surface area contributed by atoms with Crippen LogP contribution < -0.4 is 5.73 Å². The molecule has 0 spiro atoms. The van der Waals surface area contributed by atoms with E-state index in [1.807, 2.05) is 12.1 Å². The number of rotatable bonds is 1. The summed E-state index contributed by atoms with van der Waals surface area (Å²) in [5.41, 5.74) is 10.7.